The summed E-state index contributed by atoms with van der Waals surface area (Å²) >= 11 is 0. The third kappa shape index (κ3) is 7.55. The van der Waals surface area contributed by atoms with E-state index in [0.717, 1.165) is 19.5 Å². The Balaban J connectivity index is 2.22. The lowest BCUT2D eigenvalue weighted by Crippen LogP contribution is -2.33. The number of rotatable bonds is 13. The zero-order chi connectivity index (χ0) is 17.8. The van der Waals surface area contributed by atoms with Crippen LogP contribution in [0.25, 0.3) is 0 Å². The summed E-state index contributed by atoms with van der Waals surface area (Å²) < 4.78 is 0. The lowest BCUT2D eigenvalue weighted by molar-refractivity contribution is -0.383. The van der Waals surface area contributed by atoms with Crippen LogP contribution < -0.4 is 16.4 Å². The monoisotopic (exact) mass is 341 g/mol. The third-order valence-corrected chi connectivity index (χ3v) is 3.50. The van der Waals surface area contributed by atoms with Crippen LogP contribution in [-0.4, -0.2) is 72.5 Å². The van der Waals surface area contributed by atoms with Crippen LogP contribution in [-0.2, 0) is 0 Å². The van der Waals surface area contributed by atoms with Crippen LogP contribution in [0.2, 0.25) is 0 Å². The van der Waals surface area contributed by atoms with E-state index < -0.39 is 4.92 Å². The molecule has 1 rings (SSSR count). The van der Waals surface area contributed by atoms with Crippen LogP contribution in [0.15, 0.2) is 18.2 Å². The molecule has 0 radical (unpaired) electrons. The Morgan fingerprint density at radius 2 is 1.83 bits per heavy atom. The van der Waals surface area contributed by atoms with Gasteiger partial charge >= 0.3 is 0 Å². The van der Waals surface area contributed by atoms with E-state index >= 15 is 0 Å². The van der Waals surface area contributed by atoms with Crippen LogP contribution in [0, 0.1) is 10.1 Å². The molecule has 6 N–H and O–H groups in total. The molecule has 0 heterocycles. The number of hydrogen-bond donors (Lipinski definition) is 5. The Hall–Kier alpha value is -1.94. The van der Waals surface area contributed by atoms with Crippen LogP contribution in [0.1, 0.15) is 6.42 Å². The van der Waals surface area contributed by atoms with Crippen molar-refractivity contribution in [2.45, 2.75) is 6.42 Å². The SMILES string of the molecule is Nc1ccc(NCCNCCCN(CCO)CCO)c([N+](=O)[O-])c1. The van der Waals surface area contributed by atoms with E-state index in [9.17, 15) is 10.1 Å². The van der Waals surface area contributed by atoms with Crippen molar-refractivity contribution in [2.75, 3.05) is 63.5 Å². The third-order valence-electron chi connectivity index (χ3n) is 3.50. The van der Waals surface area contributed by atoms with Crippen LogP contribution >= 0.6 is 0 Å². The minimum Gasteiger partial charge on any atom is -0.399 e. The molecule has 0 bridgehead atoms. The summed E-state index contributed by atoms with van der Waals surface area (Å²) in [4.78, 5) is 12.5. The van der Waals surface area contributed by atoms with Crippen LogP contribution in [0.5, 0.6) is 0 Å². The highest BCUT2D eigenvalue weighted by Gasteiger charge is 2.13. The van der Waals surface area contributed by atoms with Gasteiger partial charge in [0.2, 0.25) is 0 Å². The summed E-state index contributed by atoms with van der Waals surface area (Å²) in [6.45, 7) is 4.09. The van der Waals surface area contributed by atoms with Crippen molar-refractivity contribution in [3.8, 4) is 0 Å². The van der Waals surface area contributed by atoms with E-state index in [0.29, 0.717) is 37.6 Å². The average Bonchev–Trinajstić information content (AvgIpc) is 2.55. The fraction of sp³-hybridized carbons (Fsp3) is 0.600. The van der Waals surface area contributed by atoms with Crippen molar-refractivity contribution in [1.29, 1.82) is 0 Å². The Kier molecular flexibility index (Phi) is 9.70. The molecule has 0 aliphatic heterocycles. The van der Waals surface area contributed by atoms with Crippen molar-refractivity contribution < 1.29 is 15.1 Å². The van der Waals surface area contributed by atoms with Crippen LogP contribution in [0.4, 0.5) is 17.1 Å². The molecule has 0 unspecified atom stereocenters. The minimum absolute atomic E-state index is 0.0290. The smallest absolute Gasteiger partial charge is 0.294 e. The van der Waals surface area contributed by atoms with Crippen molar-refractivity contribution in [2.24, 2.45) is 0 Å². The molecule has 24 heavy (non-hydrogen) atoms. The zero-order valence-corrected chi connectivity index (χ0v) is 13.8. The van der Waals surface area contributed by atoms with Gasteiger partial charge in [-0.05, 0) is 31.6 Å². The topological polar surface area (TPSA) is 137 Å². The van der Waals surface area contributed by atoms with E-state index in [1.54, 1.807) is 12.1 Å². The largest absolute Gasteiger partial charge is 0.399 e. The number of nitrogens with two attached hydrogens (primary N) is 1. The number of nitro benzene ring substituents is 1. The fourth-order valence-electron chi connectivity index (χ4n) is 2.31. The standard InChI is InChI=1S/C15H27N5O4/c16-13-2-3-14(15(12-13)20(23)24)18-6-5-17-4-1-7-19(8-10-21)9-11-22/h2-3,12,17-18,21-22H,1,4-11,16H2. The van der Waals surface area contributed by atoms with E-state index in [1.165, 1.54) is 6.07 Å². The molecular weight excluding hydrogens is 314 g/mol. The normalized spacial score (nSPS) is 11.0. The summed E-state index contributed by atoms with van der Waals surface area (Å²) in [5, 5.41) is 35.1. The number of nitrogens with one attached hydrogen (secondary N) is 2. The van der Waals surface area contributed by atoms with Gasteiger partial charge in [-0.15, -0.1) is 0 Å². The number of nitrogen functional groups attached to an aromatic ring is 1. The van der Waals surface area contributed by atoms with E-state index in [2.05, 4.69) is 10.6 Å². The molecule has 0 aromatic heterocycles. The minimum atomic E-state index is -0.455. The van der Waals surface area contributed by atoms with Gasteiger partial charge in [-0.25, -0.2) is 0 Å². The highest BCUT2D eigenvalue weighted by Crippen LogP contribution is 2.26. The maximum Gasteiger partial charge on any atom is 0.294 e. The highest BCUT2D eigenvalue weighted by molar-refractivity contribution is 5.66. The molecule has 0 saturated carbocycles. The van der Waals surface area contributed by atoms with Crippen molar-refractivity contribution in [3.63, 3.8) is 0 Å². The predicted octanol–water partition coefficient (Wildman–Crippen LogP) is -0.145. The Bertz CT molecular complexity index is 495. The van der Waals surface area contributed by atoms with Gasteiger partial charge in [0.1, 0.15) is 5.69 Å². The van der Waals surface area contributed by atoms with Gasteiger partial charge in [-0.2, -0.15) is 0 Å². The van der Waals surface area contributed by atoms with Gasteiger partial charge in [0, 0.05) is 37.9 Å². The predicted molar refractivity (Wildman–Crippen MR) is 94.1 cm³/mol. The molecule has 0 amide bonds. The van der Waals surface area contributed by atoms with Gasteiger partial charge in [-0.1, -0.05) is 0 Å². The van der Waals surface area contributed by atoms with Gasteiger partial charge in [0.15, 0.2) is 0 Å². The molecule has 0 atom stereocenters. The van der Waals surface area contributed by atoms with Crippen LogP contribution in [0.3, 0.4) is 0 Å². The van der Waals surface area contributed by atoms with E-state index in [4.69, 9.17) is 15.9 Å². The first kappa shape index (κ1) is 20.1. The second-order valence-electron chi connectivity index (χ2n) is 5.35. The average molecular weight is 341 g/mol. The molecule has 0 saturated heterocycles. The lowest BCUT2D eigenvalue weighted by Gasteiger charge is -2.19. The molecule has 0 aliphatic rings. The molecule has 0 fully saturated rings. The van der Waals surface area contributed by atoms with Gasteiger partial charge in [0.25, 0.3) is 5.69 Å². The Labute approximate surface area is 141 Å². The first-order valence-corrected chi connectivity index (χ1v) is 8.01. The molecule has 0 spiro atoms. The summed E-state index contributed by atoms with van der Waals surface area (Å²) in [7, 11) is 0. The Morgan fingerprint density at radius 1 is 1.12 bits per heavy atom. The van der Waals surface area contributed by atoms with Gasteiger partial charge in [0.05, 0.1) is 18.1 Å². The molecular formula is C15H27N5O4. The summed E-state index contributed by atoms with van der Waals surface area (Å²) in [5.74, 6) is 0. The zero-order valence-electron chi connectivity index (χ0n) is 13.8. The van der Waals surface area contributed by atoms with Crippen molar-refractivity contribution in [3.05, 3.63) is 28.3 Å². The quantitative estimate of drug-likeness (QED) is 0.145. The number of aliphatic hydroxyl groups excluding tert-OH is 2. The molecule has 0 aliphatic carbocycles. The fourth-order valence-corrected chi connectivity index (χ4v) is 2.31. The molecule has 9 heteroatoms. The first-order chi connectivity index (χ1) is 11.6. The lowest BCUT2D eigenvalue weighted by atomic mass is 10.2. The second kappa shape index (κ2) is 11.6. The Morgan fingerprint density at radius 3 is 2.46 bits per heavy atom. The molecule has 136 valence electrons. The summed E-state index contributed by atoms with van der Waals surface area (Å²) in [6, 6.07) is 4.57. The molecule has 1 aromatic rings. The van der Waals surface area contributed by atoms with E-state index in [-0.39, 0.29) is 18.9 Å². The number of anilines is 2. The van der Waals surface area contributed by atoms with Gasteiger partial charge in [-0.3, -0.25) is 15.0 Å². The second-order valence-corrected chi connectivity index (χ2v) is 5.35. The highest BCUT2D eigenvalue weighted by atomic mass is 16.6. The maximum atomic E-state index is 11.0. The molecule has 9 nitrogen and oxygen atoms in total. The first-order valence-electron chi connectivity index (χ1n) is 8.01. The van der Waals surface area contributed by atoms with E-state index in [1.807, 2.05) is 4.90 Å². The maximum absolute atomic E-state index is 11.0. The number of benzene rings is 1. The number of nitro groups is 1. The van der Waals surface area contributed by atoms with Crippen molar-refractivity contribution in [1.82, 2.24) is 10.2 Å². The molecule has 1 aromatic carbocycles. The number of nitrogens with zero attached hydrogens (tertiary/aromatic N) is 2. The van der Waals surface area contributed by atoms with Gasteiger partial charge < -0.3 is 26.6 Å². The summed E-state index contributed by atoms with van der Waals surface area (Å²) in [6.07, 6.45) is 0.891. The summed E-state index contributed by atoms with van der Waals surface area (Å²) in [5.41, 5.74) is 6.35. The van der Waals surface area contributed by atoms with Crippen molar-refractivity contribution >= 4 is 17.1 Å². The number of hydrogen-bond acceptors (Lipinski definition) is 8. The number of aliphatic hydroxyl groups is 2.